The molecule has 0 bridgehead atoms. The summed E-state index contributed by atoms with van der Waals surface area (Å²) in [6.45, 7) is 0. The van der Waals surface area contributed by atoms with E-state index in [0.717, 1.165) is 4.47 Å². The summed E-state index contributed by atoms with van der Waals surface area (Å²) in [5, 5.41) is 11.9. The summed E-state index contributed by atoms with van der Waals surface area (Å²) in [4.78, 5) is 4.22. The van der Waals surface area contributed by atoms with Gasteiger partial charge in [-0.2, -0.15) is 5.10 Å². The van der Waals surface area contributed by atoms with E-state index in [1.165, 1.54) is 0 Å². The van der Waals surface area contributed by atoms with Gasteiger partial charge in [0.15, 0.2) is 5.82 Å². The van der Waals surface area contributed by atoms with Crippen LogP contribution in [-0.2, 0) is 0 Å². The lowest BCUT2D eigenvalue weighted by Crippen LogP contribution is -2.01. The van der Waals surface area contributed by atoms with Crippen LogP contribution < -0.4 is 0 Å². The fourth-order valence-electron chi connectivity index (χ4n) is 1.32. The monoisotopic (exact) mass is 264 g/mol. The lowest BCUT2D eigenvalue weighted by atomic mass is 10.6. The topological polar surface area (TPSA) is 60.9 Å². The van der Waals surface area contributed by atoms with Crippen molar-refractivity contribution in [3.05, 3.63) is 35.6 Å². The molecule has 0 aliphatic heterocycles. The normalized spacial score (nSPS) is 11.0. The molecule has 15 heavy (non-hydrogen) atoms. The van der Waals surface area contributed by atoms with E-state index in [-0.39, 0.29) is 0 Å². The van der Waals surface area contributed by atoms with Crippen LogP contribution in [0.1, 0.15) is 0 Å². The fraction of sp³-hybridized carbons (Fsp3) is 0. The molecule has 3 heterocycles. The Bertz CT molecular complexity index is 612. The van der Waals surface area contributed by atoms with Gasteiger partial charge in [0.2, 0.25) is 5.65 Å². The van der Waals surface area contributed by atoms with Gasteiger partial charge in [0, 0.05) is 18.6 Å². The molecule has 3 aromatic heterocycles. The van der Waals surface area contributed by atoms with Crippen molar-refractivity contribution in [2.75, 3.05) is 0 Å². The number of halogens is 1. The highest BCUT2D eigenvalue weighted by molar-refractivity contribution is 9.10. The number of fused-ring (bicyclic) bond motifs is 1. The highest BCUT2D eigenvalue weighted by atomic mass is 79.9. The Morgan fingerprint density at radius 1 is 1.33 bits per heavy atom. The van der Waals surface area contributed by atoms with Crippen molar-refractivity contribution >= 4 is 21.6 Å². The van der Waals surface area contributed by atoms with E-state index in [2.05, 4.69) is 36.2 Å². The second kappa shape index (κ2) is 3.13. The lowest BCUT2D eigenvalue weighted by molar-refractivity contribution is 0.841. The lowest BCUT2D eigenvalue weighted by Gasteiger charge is -2.00. The maximum atomic E-state index is 4.22. The Morgan fingerprint density at radius 2 is 2.27 bits per heavy atom. The van der Waals surface area contributed by atoms with Crippen LogP contribution in [0.25, 0.3) is 11.5 Å². The smallest absolute Gasteiger partial charge is 0.205 e. The van der Waals surface area contributed by atoms with Crippen LogP contribution in [0.2, 0.25) is 0 Å². The average Bonchev–Trinajstić information content (AvgIpc) is 2.84. The third-order valence-corrected chi connectivity index (χ3v) is 2.37. The standard InChI is InChI=1S/C8H5BrN6/c9-6-3-12-15(4-6)7-8-13-11-5-14(8)2-1-10-7/h1-5H. The largest absolute Gasteiger partial charge is 0.284 e. The quantitative estimate of drug-likeness (QED) is 0.660. The van der Waals surface area contributed by atoms with Crippen molar-refractivity contribution in [3.63, 3.8) is 0 Å². The van der Waals surface area contributed by atoms with Crippen LogP contribution >= 0.6 is 15.9 Å². The molecule has 3 aromatic rings. The van der Waals surface area contributed by atoms with E-state index in [4.69, 9.17) is 0 Å². The molecule has 0 spiro atoms. The maximum Gasteiger partial charge on any atom is 0.205 e. The maximum absolute atomic E-state index is 4.22. The number of hydrogen-bond donors (Lipinski definition) is 0. The molecule has 0 atom stereocenters. The molecular weight excluding hydrogens is 260 g/mol. The molecule has 0 saturated carbocycles. The number of aromatic nitrogens is 6. The Kier molecular flexibility index (Phi) is 1.78. The second-order valence-electron chi connectivity index (χ2n) is 2.92. The molecule has 0 aliphatic carbocycles. The first-order chi connectivity index (χ1) is 7.34. The number of nitrogens with zero attached hydrogens (tertiary/aromatic N) is 6. The highest BCUT2D eigenvalue weighted by Crippen LogP contribution is 2.13. The van der Waals surface area contributed by atoms with Crippen LogP contribution in [-0.4, -0.2) is 29.4 Å². The summed E-state index contributed by atoms with van der Waals surface area (Å²) < 4.78 is 4.33. The molecule has 0 aromatic carbocycles. The molecule has 0 amide bonds. The molecule has 0 unspecified atom stereocenters. The van der Waals surface area contributed by atoms with Crippen LogP contribution in [0.3, 0.4) is 0 Å². The zero-order chi connectivity index (χ0) is 10.3. The molecule has 74 valence electrons. The van der Waals surface area contributed by atoms with E-state index in [9.17, 15) is 0 Å². The van der Waals surface area contributed by atoms with E-state index in [1.807, 2.05) is 6.20 Å². The van der Waals surface area contributed by atoms with Gasteiger partial charge in [-0.05, 0) is 15.9 Å². The van der Waals surface area contributed by atoms with Crippen molar-refractivity contribution in [1.82, 2.24) is 29.4 Å². The van der Waals surface area contributed by atoms with Gasteiger partial charge in [0.1, 0.15) is 6.33 Å². The summed E-state index contributed by atoms with van der Waals surface area (Å²) in [6, 6.07) is 0. The summed E-state index contributed by atoms with van der Waals surface area (Å²) >= 11 is 3.33. The van der Waals surface area contributed by atoms with Crippen molar-refractivity contribution in [2.45, 2.75) is 0 Å². The molecule has 0 aliphatic rings. The first-order valence-electron chi connectivity index (χ1n) is 4.19. The van der Waals surface area contributed by atoms with Crippen molar-refractivity contribution in [1.29, 1.82) is 0 Å². The summed E-state index contributed by atoms with van der Waals surface area (Å²) in [5.41, 5.74) is 0.674. The number of hydrogen-bond acceptors (Lipinski definition) is 4. The zero-order valence-electron chi connectivity index (χ0n) is 7.45. The van der Waals surface area contributed by atoms with Gasteiger partial charge in [0.05, 0.1) is 10.7 Å². The number of rotatable bonds is 1. The first kappa shape index (κ1) is 8.54. The van der Waals surface area contributed by atoms with Gasteiger partial charge in [-0.1, -0.05) is 0 Å². The molecular formula is C8H5BrN6. The molecule has 0 saturated heterocycles. The van der Waals surface area contributed by atoms with Crippen LogP contribution in [0.15, 0.2) is 35.6 Å². The fourth-order valence-corrected chi connectivity index (χ4v) is 1.61. The van der Waals surface area contributed by atoms with Crippen LogP contribution in [0, 0.1) is 0 Å². The Balaban J connectivity index is 2.30. The molecule has 6 nitrogen and oxygen atoms in total. The Morgan fingerprint density at radius 3 is 3.07 bits per heavy atom. The highest BCUT2D eigenvalue weighted by Gasteiger charge is 2.07. The van der Waals surface area contributed by atoms with Gasteiger partial charge in [0.25, 0.3) is 0 Å². The van der Waals surface area contributed by atoms with Crippen molar-refractivity contribution < 1.29 is 0 Å². The minimum absolute atomic E-state index is 0.653. The van der Waals surface area contributed by atoms with Crippen molar-refractivity contribution in [3.8, 4) is 5.82 Å². The molecule has 0 radical (unpaired) electrons. The third kappa shape index (κ3) is 1.32. The summed E-state index contributed by atoms with van der Waals surface area (Å²) in [5.74, 6) is 0.653. The zero-order valence-corrected chi connectivity index (χ0v) is 9.03. The first-order valence-corrected chi connectivity index (χ1v) is 4.99. The minimum Gasteiger partial charge on any atom is -0.284 e. The molecule has 7 heteroatoms. The molecule has 0 N–H and O–H groups in total. The van der Waals surface area contributed by atoms with E-state index < -0.39 is 0 Å². The molecule has 0 fully saturated rings. The van der Waals surface area contributed by atoms with Gasteiger partial charge in [-0.15, -0.1) is 10.2 Å². The van der Waals surface area contributed by atoms with Gasteiger partial charge in [-0.25, -0.2) is 9.67 Å². The summed E-state index contributed by atoms with van der Waals surface area (Å²) in [6.07, 6.45) is 8.61. The summed E-state index contributed by atoms with van der Waals surface area (Å²) in [7, 11) is 0. The van der Waals surface area contributed by atoms with E-state index in [1.54, 1.807) is 34.0 Å². The second-order valence-corrected chi connectivity index (χ2v) is 3.83. The third-order valence-electron chi connectivity index (χ3n) is 1.97. The Hall–Kier alpha value is -1.76. The predicted octanol–water partition coefficient (Wildman–Crippen LogP) is 1.07. The van der Waals surface area contributed by atoms with Gasteiger partial charge < -0.3 is 0 Å². The van der Waals surface area contributed by atoms with Crippen LogP contribution in [0.4, 0.5) is 0 Å². The van der Waals surface area contributed by atoms with E-state index in [0.29, 0.717) is 11.5 Å². The predicted molar refractivity (Wildman–Crippen MR) is 55.6 cm³/mol. The van der Waals surface area contributed by atoms with Gasteiger partial charge in [-0.3, -0.25) is 4.40 Å². The van der Waals surface area contributed by atoms with E-state index >= 15 is 0 Å². The van der Waals surface area contributed by atoms with Gasteiger partial charge >= 0.3 is 0 Å². The molecule has 3 rings (SSSR count). The average molecular weight is 265 g/mol. The minimum atomic E-state index is 0.653. The van der Waals surface area contributed by atoms with Crippen LogP contribution in [0.5, 0.6) is 0 Å². The Labute approximate surface area is 92.7 Å². The SMILES string of the molecule is Brc1cnn(-c2nccn3cnnc23)c1. The van der Waals surface area contributed by atoms with Crippen molar-refractivity contribution in [2.24, 2.45) is 0 Å².